The van der Waals surface area contributed by atoms with Crippen LogP contribution in [0, 0.1) is 0 Å². The number of sulfonamides is 1. The van der Waals surface area contributed by atoms with Crippen LogP contribution in [0.25, 0.3) is 0 Å². The minimum atomic E-state index is -3.78. The van der Waals surface area contributed by atoms with Crippen LogP contribution < -0.4 is 0 Å². The predicted molar refractivity (Wildman–Crippen MR) is 75.2 cm³/mol. The number of rotatable bonds is 3. The van der Waals surface area contributed by atoms with E-state index in [2.05, 4.69) is 0 Å². The highest BCUT2D eigenvalue weighted by Gasteiger charge is 2.37. The molecule has 1 fully saturated rings. The van der Waals surface area contributed by atoms with E-state index in [1.54, 1.807) is 6.07 Å². The largest absolute Gasteiger partial charge is 0.478 e. The Hall–Kier alpha value is -1.40. The summed E-state index contributed by atoms with van der Waals surface area (Å²) in [5, 5.41) is 9.18. The zero-order valence-corrected chi connectivity index (χ0v) is 12.4. The van der Waals surface area contributed by atoms with Crippen molar-refractivity contribution in [3.05, 3.63) is 29.8 Å². The standard InChI is InChI=1S/C14H19NO4S/c1-10-6-5-7-11(2)15(10)20(18,19)13-9-4-3-8-12(13)14(16)17/h3-4,8-11H,5-7H2,1-2H3,(H,16,17). The van der Waals surface area contributed by atoms with Gasteiger partial charge in [0.1, 0.15) is 0 Å². The van der Waals surface area contributed by atoms with Gasteiger partial charge in [-0.05, 0) is 38.8 Å². The second kappa shape index (κ2) is 5.54. The van der Waals surface area contributed by atoms with Crippen LogP contribution in [0.1, 0.15) is 43.5 Å². The van der Waals surface area contributed by atoms with E-state index in [0.717, 1.165) is 19.3 Å². The summed E-state index contributed by atoms with van der Waals surface area (Å²) in [7, 11) is -3.78. The Labute approximate surface area is 119 Å². The first-order chi connectivity index (χ1) is 9.35. The van der Waals surface area contributed by atoms with E-state index in [-0.39, 0.29) is 22.5 Å². The van der Waals surface area contributed by atoms with Crippen LogP contribution in [-0.2, 0) is 10.0 Å². The minimum absolute atomic E-state index is 0.106. The second-order valence-corrected chi connectivity index (χ2v) is 7.08. The Morgan fingerprint density at radius 1 is 1.20 bits per heavy atom. The molecule has 1 aliphatic rings. The van der Waals surface area contributed by atoms with Gasteiger partial charge in [0.05, 0.1) is 10.5 Å². The molecular formula is C14H19NO4S. The van der Waals surface area contributed by atoms with Gasteiger partial charge in [0.2, 0.25) is 10.0 Å². The molecule has 1 aromatic rings. The maximum atomic E-state index is 12.8. The number of carboxylic acids is 1. The third-order valence-corrected chi connectivity index (χ3v) is 5.97. The summed E-state index contributed by atoms with van der Waals surface area (Å²) in [6, 6.07) is 5.57. The molecule has 0 amide bonds. The Morgan fingerprint density at radius 3 is 2.30 bits per heavy atom. The number of nitrogens with zero attached hydrogens (tertiary/aromatic N) is 1. The van der Waals surface area contributed by atoms with Crippen molar-refractivity contribution >= 4 is 16.0 Å². The summed E-state index contributed by atoms with van der Waals surface area (Å²) < 4.78 is 27.0. The van der Waals surface area contributed by atoms with E-state index in [4.69, 9.17) is 0 Å². The first-order valence-electron chi connectivity index (χ1n) is 6.71. The maximum Gasteiger partial charge on any atom is 0.337 e. The molecule has 1 heterocycles. The Bertz CT molecular complexity index is 601. The number of piperidine rings is 1. The zero-order chi connectivity index (χ0) is 14.9. The van der Waals surface area contributed by atoms with Crippen molar-refractivity contribution in [1.82, 2.24) is 4.31 Å². The monoisotopic (exact) mass is 297 g/mol. The van der Waals surface area contributed by atoms with Crippen molar-refractivity contribution in [2.75, 3.05) is 0 Å². The highest BCUT2D eigenvalue weighted by molar-refractivity contribution is 7.89. The molecular weight excluding hydrogens is 278 g/mol. The summed E-state index contributed by atoms with van der Waals surface area (Å²) in [5.41, 5.74) is -0.169. The molecule has 0 radical (unpaired) electrons. The summed E-state index contributed by atoms with van der Waals surface area (Å²) in [4.78, 5) is 11.1. The number of hydrogen-bond donors (Lipinski definition) is 1. The minimum Gasteiger partial charge on any atom is -0.478 e. The van der Waals surface area contributed by atoms with Gasteiger partial charge in [-0.15, -0.1) is 0 Å². The maximum absolute atomic E-state index is 12.8. The molecule has 20 heavy (non-hydrogen) atoms. The quantitative estimate of drug-likeness (QED) is 0.929. The van der Waals surface area contributed by atoms with Crippen molar-refractivity contribution < 1.29 is 18.3 Å². The van der Waals surface area contributed by atoms with Gasteiger partial charge in [-0.3, -0.25) is 0 Å². The first kappa shape index (κ1) is 15.0. The van der Waals surface area contributed by atoms with Gasteiger partial charge in [0.25, 0.3) is 0 Å². The van der Waals surface area contributed by atoms with Crippen molar-refractivity contribution in [2.24, 2.45) is 0 Å². The van der Waals surface area contributed by atoms with Gasteiger partial charge in [-0.1, -0.05) is 18.6 Å². The van der Waals surface area contributed by atoms with E-state index in [9.17, 15) is 18.3 Å². The van der Waals surface area contributed by atoms with Gasteiger partial charge < -0.3 is 5.11 Å². The van der Waals surface area contributed by atoms with Crippen molar-refractivity contribution in [2.45, 2.75) is 50.1 Å². The van der Waals surface area contributed by atoms with E-state index in [0.29, 0.717) is 0 Å². The molecule has 2 unspecified atom stereocenters. The van der Waals surface area contributed by atoms with E-state index in [1.165, 1.54) is 22.5 Å². The lowest BCUT2D eigenvalue weighted by molar-refractivity contribution is 0.0692. The highest BCUT2D eigenvalue weighted by atomic mass is 32.2. The average molecular weight is 297 g/mol. The Kier molecular flexibility index (Phi) is 4.15. The van der Waals surface area contributed by atoms with Gasteiger partial charge >= 0.3 is 5.97 Å². The third-order valence-electron chi connectivity index (χ3n) is 3.79. The molecule has 0 spiro atoms. The number of carboxylic acid groups (broad SMARTS) is 1. The van der Waals surface area contributed by atoms with Crippen LogP contribution in [0.15, 0.2) is 29.2 Å². The van der Waals surface area contributed by atoms with Gasteiger partial charge in [-0.2, -0.15) is 4.31 Å². The number of benzene rings is 1. The number of carbonyl (C=O) groups is 1. The third kappa shape index (κ3) is 2.58. The number of aromatic carboxylic acids is 1. The lowest BCUT2D eigenvalue weighted by Gasteiger charge is -2.37. The smallest absolute Gasteiger partial charge is 0.337 e. The lowest BCUT2D eigenvalue weighted by Crippen LogP contribution is -2.47. The SMILES string of the molecule is CC1CCCC(C)N1S(=O)(=O)c1ccccc1C(=O)O. The molecule has 5 nitrogen and oxygen atoms in total. The van der Waals surface area contributed by atoms with E-state index >= 15 is 0 Å². The topological polar surface area (TPSA) is 74.7 Å². The molecule has 1 aromatic carbocycles. The molecule has 1 saturated heterocycles. The van der Waals surface area contributed by atoms with Crippen LogP contribution in [-0.4, -0.2) is 35.9 Å². The normalized spacial score (nSPS) is 24.5. The summed E-state index contributed by atoms with van der Waals surface area (Å²) in [6.45, 7) is 3.74. The Morgan fingerprint density at radius 2 is 1.75 bits per heavy atom. The summed E-state index contributed by atoms with van der Waals surface area (Å²) >= 11 is 0. The summed E-state index contributed by atoms with van der Waals surface area (Å²) in [6.07, 6.45) is 2.60. The van der Waals surface area contributed by atoms with Crippen LogP contribution >= 0.6 is 0 Å². The predicted octanol–water partition coefficient (Wildman–Crippen LogP) is 2.34. The summed E-state index contributed by atoms with van der Waals surface area (Å²) in [5.74, 6) is -1.22. The van der Waals surface area contributed by atoms with Gasteiger partial charge in [0.15, 0.2) is 0 Å². The fraction of sp³-hybridized carbons (Fsp3) is 0.500. The second-order valence-electron chi connectivity index (χ2n) is 5.27. The molecule has 2 atom stereocenters. The molecule has 6 heteroatoms. The molecule has 0 saturated carbocycles. The van der Waals surface area contributed by atoms with E-state index in [1.807, 2.05) is 13.8 Å². The lowest BCUT2D eigenvalue weighted by atomic mass is 10.0. The average Bonchev–Trinajstić information content (AvgIpc) is 2.38. The molecule has 0 aliphatic carbocycles. The molecule has 1 N–H and O–H groups in total. The molecule has 2 rings (SSSR count). The van der Waals surface area contributed by atoms with Gasteiger partial charge in [-0.25, -0.2) is 13.2 Å². The highest BCUT2D eigenvalue weighted by Crippen LogP contribution is 2.30. The fourth-order valence-corrected chi connectivity index (χ4v) is 4.92. The van der Waals surface area contributed by atoms with Gasteiger partial charge in [0, 0.05) is 12.1 Å². The molecule has 0 aromatic heterocycles. The van der Waals surface area contributed by atoms with Crippen molar-refractivity contribution in [3.63, 3.8) is 0 Å². The van der Waals surface area contributed by atoms with Crippen molar-refractivity contribution in [1.29, 1.82) is 0 Å². The Balaban J connectivity index is 2.52. The van der Waals surface area contributed by atoms with Crippen LogP contribution in [0.5, 0.6) is 0 Å². The van der Waals surface area contributed by atoms with Crippen LogP contribution in [0.2, 0.25) is 0 Å². The molecule has 0 bridgehead atoms. The van der Waals surface area contributed by atoms with Crippen LogP contribution in [0.4, 0.5) is 0 Å². The first-order valence-corrected chi connectivity index (χ1v) is 8.15. The van der Waals surface area contributed by atoms with Crippen LogP contribution in [0.3, 0.4) is 0 Å². The molecule has 110 valence electrons. The fourth-order valence-electron chi connectivity index (χ4n) is 2.85. The van der Waals surface area contributed by atoms with E-state index < -0.39 is 16.0 Å². The number of hydrogen-bond acceptors (Lipinski definition) is 3. The zero-order valence-electron chi connectivity index (χ0n) is 11.6. The molecule has 1 aliphatic heterocycles. The van der Waals surface area contributed by atoms with Crippen molar-refractivity contribution in [3.8, 4) is 0 Å².